The number of aryl methyl sites for hydroxylation is 1. The number of nitrogens with zero attached hydrogens (tertiary/aromatic N) is 5. The van der Waals surface area contributed by atoms with E-state index in [1.165, 1.54) is 22.3 Å². The van der Waals surface area contributed by atoms with Crippen molar-refractivity contribution in [2.45, 2.75) is 24.8 Å². The van der Waals surface area contributed by atoms with Gasteiger partial charge < -0.3 is 4.90 Å². The summed E-state index contributed by atoms with van der Waals surface area (Å²) in [5.41, 5.74) is 1.46. The third-order valence-electron chi connectivity index (χ3n) is 4.04. The molecule has 0 spiro atoms. The van der Waals surface area contributed by atoms with Crippen molar-refractivity contribution in [3.05, 3.63) is 34.6 Å². The molecular formula is C14H14N6O3S2. The van der Waals surface area contributed by atoms with Crippen LogP contribution in [0.5, 0.6) is 0 Å². The third-order valence-corrected chi connectivity index (χ3v) is 6.34. The van der Waals surface area contributed by atoms with Crippen LogP contribution in [0.3, 0.4) is 0 Å². The van der Waals surface area contributed by atoms with Crippen molar-refractivity contribution in [2.24, 2.45) is 0 Å². The maximum absolute atomic E-state index is 12.5. The highest BCUT2D eigenvalue weighted by Crippen LogP contribution is 2.29. The fourth-order valence-electron chi connectivity index (χ4n) is 2.68. The first-order chi connectivity index (χ1) is 11.8. The molecule has 4 rings (SSSR count). The van der Waals surface area contributed by atoms with E-state index in [9.17, 15) is 13.2 Å². The van der Waals surface area contributed by atoms with E-state index in [-0.39, 0.29) is 23.8 Å². The van der Waals surface area contributed by atoms with Gasteiger partial charge in [-0.15, -0.1) is 10.2 Å². The number of anilines is 1. The van der Waals surface area contributed by atoms with E-state index in [1.807, 2.05) is 0 Å². The number of benzene rings is 1. The molecule has 11 heteroatoms. The molecule has 3 aromatic rings. The number of amides is 1. The molecule has 130 valence electrons. The zero-order valence-electron chi connectivity index (χ0n) is 13.4. The fourth-order valence-corrected chi connectivity index (χ4v) is 4.63. The number of likely N-dealkylation sites (N-methyl/N-ethyl adjacent to an activating group) is 1. The number of hydrogen-bond acceptors (Lipinski definition) is 7. The number of hydrogen-bond donors (Lipinski definition) is 1. The lowest BCUT2D eigenvalue weighted by atomic mass is 10.2. The molecule has 0 unspecified atom stereocenters. The van der Waals surface area contributed by atoms with Crippen molar-refractivity contribution in [1.82, 2.24) is 24.5 Å². The van der Waals surface area contributed by atoms with Crippen molar-refractivity contribution >= 4 is 37.9 Å². The maximum Gasteiger partial charge on any atom is 0.240 e. The van der Waals surface area contributed by atoms with Crippen molar-refractivity contribution in [1.29, 1.82) is 0 Å². The number of rotatable bonds is 4. The van der Waals surface area contributed by atoms with E-state index >= 15 is 0 Å². The summed E-state index contributed by atoms with van der Waals surface area (Å²) in [6.07, 6.45) is 0.213. The normalized spacial score (nSPS) is 14.5. The lowest BCUT2D eigenvalue weighted by Gasteiger charge is -2.11. The topological polar surface area (TPSA) is 110 Å². The summed E-state index contributed by atoms with van der Waals surface area (Å²) >= 11 is 1.27. The molecule has 0 atom stereocenters. The molecular weight excluding hydrogens is 364 g/mol. The lowest BCUT2D eigenvalue weighted by molar-refractivity contribution is -0.117. The van der Waals surface area contributed by atoms with E-state index in [2.05, 4.69) is 20.0 Å². The smallest absolute Gasteiger partial charge is 0.240 e. The Labute approximate surface area is 147 Å². The molecule has 0 fully saturated rings. The molecule has 0 saturated heterocycles. The highest BCUT2D eigenvalue weighted by molar-refractivity contribution is 7.89. The fraction of sp³-hybridized carbons (Fsp3) is 0.286. The van der Waals surface area contributed by atoms with Crippen molar-refractivity contribution in [3.8, 4) is 0 Å². The number of fused-ring (bicyclic) bond motifs is 2. The third kappa shape index (κ3) is 2.69. The molecule has 3 heterocycles. The average Bonchev–Trinajstić information content (AvgIpc) is 3.22. The standard InChI is InChI=1S/C14H14N6O3S2/c1-8-16-17-14-20(8)18-12(24-14)7-15-25(22,23)10-3-4-11-9(5-10)6-13(21)19(11)2/h3-5,15H,6-7H2,1-2H3. The summed E-state index contributed by atoms with van der Waals surface area (Å²) in [7, 11) is -2.03. The highest BCUT2D eigenvalue weighted by Gasteiger charge is 2.26. The summed E-state index contributed by atoms with van der Waals surface area (Å²) in [6.45, 7) is 1.84. The van der Waals surface area contributed by atoms with Gasteiger partial charge in [-0.2, -0.15) is 9.61 Å². The van der Waals surface area contributed by atoms with Gasteiger partial charge >= 0.3 is 0 Å². The monoisotopic (exact) mass is 378 g/mol. The number of carbonyl (C=O) groups excluding carboxylic acids is 1. The minimum Gasteiger partial charge on any atom is -0.315 e. The van der Waals surface area contributed by atoms with Gasteiger partial charge in [0, 0.05) is 12.7 Å². The van der Waals surface area contributed by atoms with Crippen molar-refractivity contribution < 1.29 is 13.2 Å². The minimum absolute atomic E-state index is 0.0485. The minimum atomic E-state index is -3.70. The summed E-state index contributed by atoms with van der Waals surface area (Å²) in [4.78, 5) is 14.0. The van der Waals surface area contributed by atoms with Gasteiger partial charge in [0.15, 0.2) is 5.82 Å². The highest BCUT2D eigenvalue weighted by atomic mass is 32.2. The Morgan fingerprint density at radius 1 is 1.32 bits per heavy atom. The maximum atomic E-state index is 12.5. The largest absolute Gasteiger partial charge is 0.315 e. The van der Waals surface area contributed by atoms with Crippen LogP contribution < -0.4 is 9.62 Å². The first kappa shape index (κ1) is 16.1. The Morgan fingerprint density at radius 2 is 2.12 bits per heavy atom. The average molecular weight is 378 g/mol. The second-order valence-corrected chi connectivity index (χ2v) is 8.49. The Hall–Kier alpha value is -2.37. The number of carbonyl (C=O) groups is 1. The van der Waals surface area contributed by atoms with Crippen LogP contribution in [0.1, 0.15) is 16.4 Å². The van der Waals surface area contributed by atoms with Gasteiger partial charge in [0.1, 0.15) is 5.01 Å². The Kier molecular flexibility index (Phi) is 3.60. The van der Waals surface area contributed by atoms with Gasteiger partial charge in [-0.1, -0.05) is 11.3 Å². The molecule has 1 aliphatic heterocycles. The summed E-state index contributed by atoms with van der Waals surface area (Å²) < 4.78 is 29.2. The Balaban J connectivity index is 1.56. The summed E-state index contributed by atoms with van der Waals surface area (Å²) in [5.74, 6) is 0.598. The zero-order chi connectivity index (χ0) is 17.8. The van der Waals surface area contributed by atoms with E-state index in [4.69, 9.17) is 0 Å². The van der Waals surface area contributed by atoms with Gasteiger partial charge in [0.25, 0.3) is 0 Å². The van der Waals surface area contributed by atoms with Gasteiger partial charge in [-0.25, -0.2) is 13.1 Å². The molecule has 0 aliphatic carbocycles. The van der Waals surface area contributed by atoms with Crippen molar-refractivity contribution in [2.75, 3.05) is 11.9 Å². The van der Waals surface area contributed by atoms with Crippen LogP contribution in [0.4, 0.5) is 5.69 Å². The van der Waals surface area contributed by atoms with Crippen LogP contribution in [0.2, 0.25) is 0 Å². The second kappa shape index (κ2) is 5.58. The second-order valence-electron chi connectivity index (χ2n) is 5.68. The van der Waals surface area contributed by atoms with E-state index in [0.29, 0.717) is 21.4 Å². The van der Waals surface area contributed by atoms with Crippen LogP contribution in [0.25, 0.3) is 4.96 Å². The van der Waals surface area contributed by atoms with E-state index < -0.39 is 10.0 Å². The molecule has 0 saturated carbocycles. The van der Waals surface area contributed by atoms with Crippen LogP contribution in [-0.4, -0.2) is 41.2 Å². The predicted molar refractivity (Wildman–Crippen MR) is 91.0 cm³/mol. The first-order valence-electron chi connectivity index (χ1n) is 7.42. The lowest BCUT2D eigenvalue weighted by Crippen LogP contribution is -2.23. The molecule has 9 nitrogen and oxygen atoms in total. The first-order valence-corrected chi connectivity index (χ1v) is 9.72. The number of nitrogens with one attached hydrogen (secondary N) is 1. The molecule has 1 aliphatic rings. The SMILES string of the molecule is Cc1nnc2sc(CNS(=O)(=O)c3ccc4c(c3)CC(=O)N4C)nn12. The molecule has 0 bridgehead atoms. The molecule has 1 amide bonds. The Morgan fingerprint density at radius 3 is 2.88 bits per heavy atom. The van der Waals surface area contributed by atoms with Gasteiger partial charge in [-0.05, 0) is 30.7 Å². The van der Waals surface area contributed by atoms with Gasteiger partial charge in [0.2, 0.25) is 20.9 Å². The van der Waals surface area contributed by atoms with Crippen LogP contribution in [-0.2, 0) is 27.8 Å². The van der Waals surface area contributed by atoms with Gasteiger partial charge in [-0.3, -0.25) is 4.79 Å². The van der Waals surface area contributed by atoms with Crippen LogP contribution in [0.15, 0.2) is 23.1 Å². The Bertz CT molecular complexity index is 1100. The molecule has 2 aromatic heterocycles. The van der Waals surface area contributed by atoms with E-state index in [1.54, 1.807) is 30.6 Å². The summed E-state index contributed by atoms with van der Waals surface area (Å²) in [6, 6.07) is 4.70. The van der Waals surface area contributed by atoms with Crippen LogP contribution >= 0.6 is 11.3 Å². The quantitative estimate of drug-likeness (QED) is 0.708. The zero-order valence-corrected chi connectivity index (χ0v) is 15.1. The van der Waals surface area contributed by atoms with Crippen LogP contribution in [0, 0.1) is 6.92 Å². The van der Waals surface area contributed by atoms with Gasteiger partial charge in [0.05, 0.1) is 17.9 Å². The molecule has 0 radical (unpaired) electrons. The van der Waals surface area contributed by atoms with E-state index in [0.717, 1.165) is 5.69 Å². The van der Waals surface area contributed by atoms with Crippen molar-refractivity contribution in [3.63, 3.8) is 0 Å². The molecule has 1 aromatic carbocycles. The summed E-state index contributed by atoms with van der Waals surface area (Å²) in [5, 5.41) is 12.7. The molecule has 25 heavy (non-hydrogen) atoms. The molecule has 1 N–H and O–H groups in total. The predicted octanol–water partition coefficient (Wildman–Crippen LogP) is 0.492. The number of aromatic nitrogens is 4. The number of sulfonamides is 1.